The lowest BCUT2D eigenvalue weighted by molar-refractivity contribution is 0.282. The number of aliphatic hydroxyl groups excluding tert-OH is 1. The lowest BCUT2D eigenvalue weighted by Crippen LogP contribution is -2.11. The van der Waals surface area contributed by atoms with E-state index in [1.54, 1.807) is 6.07 Å². The third-order valence-electron chi connectivity index (χ3n) is 3.26. The molecule has 0 atom stereocenters. The fourth-order valence-corrected chi connectivity index (χ4v) is 2.36. The first-order valence-electron chi connectivity index (χ1n) is 6.76. The predicted octanol–water partition coefficient (Wildman–Crippen LogP) is 3.06. The third kappa shape index (κ3) is 3.80. The molecule has 2 aromatic rings. The topological polar surface area (TPSA) is 32.7 Å². The van der Waals surface area contributed by atoms with Crippen LogP contribution in [0.5, 0.6) is 5.75 Å². The maximum Gasteiger partial charge on any atom is 0.127 e. The first-order chi connectivity index (χ1) is 10.0. The standard InChI is InChI=1S/C17H20FNO2/c1-19(2)10-12-4-5-17(14(6-12)11-20)13-7-15(18)9-16(8-13)21-3/h4-9,20H,10-11H2,1-3H3. The second-order valence-electron chi connectivity index (χ2n) is 5.27. The Labute approximate surface area is 124 Å². The molecular formula is C17H20FNO2. The zero-order chi connectivity index (χ0) is 15.4. The van der Waals surface area contributed by atoms with Crippen LogP contribution in [-0.2, 0) is 13.2 Å². The number of nitrogens with zero attached hydrogens (tertiary/aromatic N) is 1. The van der Waals surface area contributed by atoms with Crippen molar-refractivity contribution in [2.75, 3.05) is 21.2 Å². The van der Waals surface area contributed by atoms with E-state index in [2.05, 4.69) is 4.90 Å². The Morgan fingerprint density at radius 3 is 2.52 bits per heavy atom. The molecule has 0 bridgehead atoms. The maximum absolute atomic E-state index is 13.6. The lowest BCUT2D eigenvalue weighted by atomic mass is 9.97. The van der Waals surface area contributed by atoms with E-state index in [1.165, 1.54) is 19.2 Å². The van der Waals surface area contributed by atoms with Crippen molar-refractivity contribution in [3.05, 3.63) is 53.3 Å². The molecule has 1 N–H and O–H groups in total. The van der Waals surface area contributed by atoms with E-state index < -0.39 is 0 Å². The molecule has 0 aliphatic rings. The summed E-state index contributed by atoms with van der Waals surface area (Å²) >= 11 is 0. The van der Waals surface area contributed by atoms with Gasteiger partial charge in [0, 0.05) is 12.6 Å². The first kappa shape index (κ1) is 15.5. The Kier molecular flexibility index (Phi) is 4.94. The third-order valence-corrected chi connectivity index (χ3v) is 3.26. The lowest BCUT2D eigenvalue weighted by Gasteiger charge is -2.14. The SMILES string of the molecule is COc1cc(F)cc(-c2ccc(CN(C)C)cc2CO)c1. The van der Waals surface area contributed by atoms with Crippen LogP contribution >= 0.6 is 0 Å². The van der Waals surface area contributed by atoms with Crippen molar-refractivity contribution < 1.29 is 14.2 Å². The van der Waals surface area contributed by atoms with Crippen LogP contribution in [-0.4, -0.2) is 31.2 Å². The normalized spacial score (nSPS) is 11.0. The van der Waals surface area contributed by atoms with Gasteiger partial charge in [-0.25, -0.2) is 4.39 Å². The molecule has 0 fully saturated rings. The second-order valence-corrected chi connectivity index (χ2v) is 5.27. The first-order valence-corrected chi connectivity index (χ1v) is 6.76. The second kappa shape index (κ2) is 6.70. The van der Waals surface area contributed by atoms with Crippen LogP contribution in [0, 0.1) is 5.82 Å². The zero-order valence-electron chi connectivity index (χ0n) is 12.6. The number of rotatable bonds is 5. The van der Waals surface area contributed by atoms with Gasteiger partial charge in [-0.05, 0) is 48.5 Å². The van der Waals surface area contributed by atoms with Crippen LogP contribution < -0.4 is 4.74 Å². The summed E-state index contributed by atoms with van der Waals surface area (Å²) in [7, 11) is 5.49. The Hall–Kier alpha value is -1.91. The van der Waals surface area contributed by atoms with Gasteiger partial charge in [-0.1, -0.05) is 18.2 Å². The van der Waals surface area contributed by atoms with Crippen LogP contribution in [0.4, 0.5) is 4.39 Å². The molecular weight excluding hydrogens is 269 g/mol. The van der Waals surface area contributed by atoms with Crippen LogP contribution in [0.3, 0.4) is 0 Å². The Balaban J connectivity index is 2.46. The van der Waals surface area contributed by atoms with E-state index in [4.69, 9.17) is 4.74 Å². The van der Waals surface area contributed by atoms with E-state index >= 15 is 0 Å². The number of hydrogen-bond acceptors (Lipinski definition) is 3. The minimum Gasteiger partial charge on any atom is -0.497 e. The predicted molar refractivity (Wildman–Crippen MR) is 81.7 cm³/mol. The van der Waals surface area contributed by atoms with Crippen molar-refractivity contribution in [1.82, 2.24) is 4.90 Å². The van der Waals surface area contributed by atoms with E-state index in [9.17, 15) is 9.50 Å². The summed E-state index contributed by atoms with van der Waals surface area (Å²) in [5.74, 6) is 0.108. The van der Waals surface area contributed by atoms with Crippen molar-refractivity contribution in [1.29, 1.82) is 0 Å². The number of halogens is 1. The molecule has 0 radical (unpaired) electrons. The molecule has 0 aliphatic heterocycles. The summed E-state index contributed by atoms with van der Waals surface area (Å²) in [5, 5.41) is 9.60. The zero-order valence-corrected chi connectivity index (χ0v) is 12.6. The molecule has 0 unspecified atom stereocenters. The highest BCUT2D eigenvalue weighted by Gasteiger charge is 2.09. The summed E-state index contributed by atoms with van der Waals surface area (Å²) in [5.41, 5.74) is 3.41. The molecule has 0 heterocycles. The van der Waals surface area contributed by atoms with Gasteiger partial charge >= 0.3 is 0 Å². The van der Waals surface area contributed by atoms with Crippen molar-refractivity contribution in [2.24, 2.45) is 0 Å². The van der Waals surface area contributed by atoms with Crippen LogP contribution in [0.2, 0.25) is 0 Å². The molecule has 0 spiro atoms. The van der Waals surface area contributed by atoms with Gasteiger partial charge in [0.25, 0.3) is 0 Å². The van der Waals surface area contributed by atoms with Gasteiger partial charge in [0.05, 0.1) is 13.7 Å². The molecule has 2 aromatic carbocycles. The van der Waals surface area contributed by atoms with Crippen LogP contribution in [0.15, 0.2) is 36.4 Å². The number of aliphatic hydroxyl groups is 1. The van der Waals surface area contributed by atoms with Gasteiger partial charge in [0.1, 0.15) is 11.6 Å². The van der Waals surface area contributed by atoms with Crippen LogP contribution in [0.25, 0.3) is 11.1 Å². The molecule has 4 heteroatoms. The van der Waals surface area contributed by atoms with Crippen molar-refractivity contribution in [3.8, 4) is 16.9 Å². The van der Waals surface area contributed by atoms with Gasteiger partial charge in [0.2, 0.25) is 0 Å². The molecule has 0 saturated carbocycles. The molecule has 21 heavy (non-hydrogen) atoms. The Bertz CT molecular complexity index is 626. The minimum atomic E-state index is -0.356. The number of methoxy groups -OCH3 is 1. The molecule has 112 valence electrons. The Morgan fingerprint density at radius 1 is 1.14 bits per heavy atom. The van der Waals surface area contributed by atoms with Gasteiger partial charge in [0.15, 0.2) is 0 Å². The molecule has 0 aromatic heterocycles. The average molecular weight is 289 g/mol. The summed E-state index contributed by atoms with van der Waals surface area (Å²) in [6, 6.07) is 10.4. The van der Waals surface area contributed by atoms with Gasteiger partial charge in [-0.3, -0.25) is 0 Å². The smallest absolute Gasteiger partial charge is 0.127 e. The van der Waals surface area contributed by atoms with E-state index in [-0.39, 0.29) is 12.4 Å². The molecule has 2 rings (SSSR count). The van der Waals surface area contributed by atoms with Crippen molar-refractivity contribution in [3.63, 3.8) is 0 Å². The monoisotopic (exact) mass is 289 g/mol. The van der Waals surface area contributed by atoms with E-state index in [0.717, 1.165) is 23.2 Å². The molecule has 0 amide bonds. The van der Waals surface area contributed by atoms with Crippen LogP contribution in [0.1, 0.15) is 11.1 Å². The number of ether oxygens (including phenoxy) is 1. The van der Waals surface area contributed by atoms with Gasteiger partial charge in [-0.15, -0.1) is 0 Å². The number of benzene rings is 2. The largest absolute Gasteiger partial charge is 0.497 e. The van der Waals surface area contributed by atoms with Crippen molar-refractivity contribution in [2.45, 2.75) is 13.2 Å². The fourth-order valence-electron chi connectivity index (χ4n) is 2.36. The summed E-state index contributed by atoms with van der Waals surface area (Å²) in [6.07, 6.45) is 0. The highest BCUT2D eigenvalue weighted by molar-refractivity contribution is 5.69. The van der Waals surface area contributed by atoms with E-state index in [1.807, 2.05) is 32.3 Å². The Morgan fingerprint density at radius 2 is 1.90 bits per heavy atom. The molecule has 3 nitrogen and oxygen atoms in total. The summed E-state index contributed by atoms with van der Waals surface area (Å²) in [4.78, 5) is 2.06. The average Bonchev–Trinajstić information content (AvgIpc) is 2.45. The van der Waals surface area contributed by atoms with E-state index in [0.29, 0.717) is 11.3 Å². The minimum absolute atomic E-state index is 0.0879. The quantitative estimate of drug-likeness (QED) is 0.918. The number of hydrogen-bond donors (Lipinski definition) is 1. The fraction of sp³-hybridized carbons (Fsp3) is 0.294. The van der Waals surface area contributed by atoms with Crippen molar-refractivity contribution >= 4 is 0 Å². The summed E-state index contributed by atoms with van der Waals surface area (Å²) in [6.45, 7) is 0.704. The highest BCUT2D eigenvalue weighted by Crippen LogP contribution is 2.29. The van der Waals surface area contributed by atoms with Gasteiger partial charge in [-0.2, -0.15) is 0 Å². The highest BCUT2D eigenvalue weighted by atomic mass is 19.1. The maximum atomic E-state index is 13.6. The summed E-state index contributed by atoms with van der Waals surface area (Å²) < 4.78 is 18.7. The molecule has 0 saturated heterocycles. The molecule has 0 aliphatic carbocycles. The van der Waals surface area contributed by atoms with Gasteiger partial charge < -0.3 is 14.7 Å².